The number of rotatable bonds is 5. The Morgan fingerprint density at radius 2 is 1.96 bits per heavy atom. The molecule has 1 aliphatic carbocycles. The zero-order valence-electron chi connectivity index (χ0n) is 14.0. The van der Waals surface area contributed by atoms with Crippen molar-refractivity contribution in [3.63, 3.8) is 0 Å². The van der Waals surface area contributed by atoms with Gasteiger partial charge in [-0.15, -0.1) is 0 Å². The highest BCUT2D eigenvalue weighted by atomic mass is 19.4. The van der Waals surface area contributed by atoms with Crippen LogP contribution in [-0.2, 0) is 4.79 Å². The summed E-state index contributed by atoms with van der Waals surface area (Å²) in [5.74, 6) is -2.88. The van der Waals surface area contributed by atoms with Crippen molar-refractivity contribution < 1.29 is 26.7 Å². The maximum absolute atomic E-state index is 13.8. The monoisotopic (exact) mass is 377 g/mol. The van der Waals surface area contributed by atoms with Crippen LogP contribution in [0.3, 0.4) is 0 Å². The summed E-state index contributed by atoms with van der Waals surface area (Å²) in [7, 11) is 0. The summed E-state index contributed by atoms with van der Waals surface area (Å²) >= 11 is 0. The molecule has 1 saturated heterocycles. The van der Waals surface area contributed by atoms with Gasteiger partial charge >= 0.3 is 6.18 Å². The Bertz CT molecular complexity index is 660. The molecule has 0 aromatic heterocycles. The molecule has 144 valence electrons. The third-order valence-corrected chi connectivity index (χ3v) is 4.92. The molecule has 0 radical (unpaired) electrons. The Labute approximate surface area is 147 Å². The average Bonchev–Trinajstić information content (AvgIpc) is 3.37. The maximum Gasteiger partial charge on any atom is 0.405 e. The standard InChI is InChI=1S/C17H20F5N3O/c18-10-1-2-14(19)12(7-10)11-8-13(11)16(26)24-9-15(17(20,21)22)25-5-3-23-4-6-25/h1-2,7,11,13,15,23H,3-6,8-9H2,(H,24,26). The Morgan fingerprint density at radius 1 is 1.27 bits per heavy atom. The number of carbonyl (C=O) groups is 1. The lowest BCUT2D eigenvalue weighted by atomic mass is 10.1. The first-order valence-corrected chi connectivity index (χ1v) is 8.51. The van der Waals surface area contributed by atoms with Gasteiger partial charge in [0.15, 0.2) is 0 Å². The molecule has 2 N–H and O–H groups in total. The van der Waals surface area contributed by atoms with E-state index in [2.05, 4.69) is 10.6 Å². The molecule has 1 saturated carbocycles. The van der Waals surface area contributed by atoms with Gasteiger partial charge in [-0.05, 0) is 36.1 Å². The number of benzene rings is 1. The van der Waals surface area contributed by atoms with E-state index in [-0.39, 0.29) is 18.7 Å². The van der Waals surface area contributed by atoms with Crippen LogP contribution in [-0.4, -0.2) is 55.7 Å². The molecule has 26 heavy (non-hydrogen) atoms. The normalized spacial score (nSPS) is 25.0. The molecule has 1 aliphatic heterocycles. The summed E-state index contributed by atoms with van der Waals surface area (Å²) in [5.41, 5.74) is 0.0969. The Balaban J connectivity index is 1.58. The second kappa shape index (κ2) is 7.48. The number of nitrogens with zero attached hydrogens (tertiary/aromatic N) is 1. The summed E-state index contributed by atoms with van der Waals surface area (Å²) in [6.45, 7) is 0.881. The van der Waals surface area contributed by atoms with Crippen LogP contribution in [0.2, 0.25) is 0 Å². The van der Waals surface area contributed by atoms with Crippen LogP contribution in [0.1, 0.15) is 17.9 Å². The van der Waals surface area contributed by atoms with Crippen LogP contribution >= 0.6 is 0 Å². The Morgan fingerprint density at radius 3 is 2.62 bits per heavy atom. The lowest BCUT2D eigenvalue weighted by Crippen LogP contribution is -2.57. The quantitative estimate of drug-likeness (QED) is 0.772. The zero-order valence-corrected chi connectivity index (χ0v) is 14.0. The smallest absolute Gasteiger partial charge is 0.354 e. The summed E-state index contributed by atoms with van der Waals surface area (Å²) in [4.78, 5) is 13.5. The fourth-order valence-electron chi connectivity index (χ4n) is 3.40. The maximum atomic E-state index is 13.8. The van der Waals surface area contributed by atoms with Crippen LogP contribution < -0.4 is 10.6 Å². The van der Waals surface area contributed by atoms with Crippen LogP contribution in [0, 0.1) is 17.6 Å². The van der Waals surface area contributed by atoms with E-state index in [0.717, 1.165) is 18.2 Å². The van der Waals surface area contributed by atoms with E-state index in [9.17, 15) is 26.7 Å². The third-order valence-electron chi connectivity index (χ3n) is 4.92. The highest BCUT2D eigenvalue weighted by molar-refractivity contribution is 5.82. The second-order valence-corrected chi connectivity index (χ2v) is 6.70. The summed E-state index contributed by atoms with van der Waals surface area (Å²) < 4.78 is 66.9. The molecular formula is C17H20F5N3O. The van der Waals surface area contributed by atoms with Crippen LogP contribution in [0.25, 0.3) is 0 Å². The molecular weight excluding hydrogens is 357 g/mol. The second-order valence-electron chi connectivity index (χ2n) is 6.70. The number of hydrogen-bond acceptors (Lipinski definition) is 3. The van der Waals surface area contributed by atoms with E-state index in [1.807, 2.05) is 0 Å². The highest BCUT2D eigenvalue weighted by Gasteiger charge is 2.47. The first kappa shape index (κ1) is 19.0. The van der Waals surface area contributed by atoms with Gasteiger partial charge in [-0.1, -0.05) is 0 Å². The van der Waals surface area contributed by atoms with Gasteiger partial charge in [0.05, 0.1) is 0 Å². The summed E-state index contributed by atoms with van der Waals surface area (Å²) in [5, 5.41) is 5.33. The molecule has 9 heteroatoms. The van der Waals surface area contributed by atoms with E-state index in [4.69, 9.17) is 0 Å². The van der Waals surface area contributed by atoms with E-state index < -0.39 is 48.1 Å². The van der Waals surface area contributed by atoms with Crippen molar-refractivity contribution in [2.45, 2.75) is 24.6 Å². The minimum Gasteiger partial charge on any atom is -0.354 e. The van der Waals surface area contributed by atoms with Gasteiger partial charge in [-0.3, -0.25) is 9.69 Å². The molecule has 3 unspecified atom stereocenters. The number of alkyl halides is 3. The van der Waals surface area contributed by atoms with Gasteiger partial charge in [0.25, 0.3) is 0 Å². The van der Waals surface area contributed by atoms with Crippen molar-refractivity contribution >= 4 is 5.91 Å². The predicted molar refractivity (Wildman–Crippen MR) is 84.5 cm³/mol. The average molecular weight is 377 g/mol. The number of halogens is 5. The Hall–Kier alpha value is -1.74. The molecule has 0 bridgehead atoms. The fourth-order valence-corrected chi connectivity index (χ4v) is 3.40. The lowest BCUT2D eigenvalue weighted by molar-refractivity contribution is -0.184. The minimum absolute atomic E-state index is 0.0969. The van der Waals surface area contributed by atoms with Gasteiger partial charge in [0.2, 0.25) is 5.91 Å². The van der Waals surface area contributed by atoms with Gasteiger partial charge in [-0.2, -0.15) is 13.2 Å². The van der Waals surface area contributed by atoms with Crippen molar-refractivity contribution in [1.82, 2.24) is 15.5 Å². The number of amides is 1. The summed E-state index contributed by atoms with van der Waals surface area (Å²) in [6, 6.07) is 1.25. The first-order chi connectivity index (χ1) is 12.3. The van der Waals surface area contributed by atoms with Crippen molar-refractivity contribution in [1.29, 1.82) is 0 Å². The van der Waals surface area contributed by atoms with Gasteiger partial charge in [0.1, 0.15) is 17.7 Å². The predicted octanol–water partition coefficient (Wildman–Crippen LogP) is 2.02. The number of piperazine rings is 1. The molecule has 0 spiro atoms. The molecule has 2 aliphatic rings. The van der Waals surface area contributed by atoms with Crippen molar-refractivity contribution in [2.24, 2.45) is 5.92 Å². The molecule has 4 nitrogen and oxygen atoms in total. The number of carbonyl (C=O) groups excluding carboxylic acids is 1. The summed E-state index contributed by atoms with van der Waals surface area (Å²) in [6.07, 6.45) is -4.15. The number of hydrogen-bond donors (Lipinski definition) is 2. The molecule has 1 heterocycles. The topological polar surface area (TPSA) is 44.4 Å². The van der Waals surface area contributed by atoms with Gasteiger partial charge in [-0.25, -0.2) is 8.78 Å². The van der Waals surface area contributed by atoms with Crippen LogP contribution in [0.5, 0.6) is 0 Å². The lowest BCUT2D eigenvalue weighted by Gasteiger charge is -2.35. The van der Waals surface area contributed by atoms with Crippen molar-refractivity contribution in [3.8, 4) is 0 Å². The van der Waals surface area contributed by atoms with E-state index >= 15 is 0 Å². The minimum atomic E-state index is -4.46. The van der Waals surface area contributed by atoms with Crippen LogP contribution in [0.15, 0.2) is 18.2 Å². The van der Waals surface area contributed by atoms with E-state index in [1.165, 1.54) is 4.90 Å². The molecule has 3 atom stereocenters. The number of nitrogens with one attached hydrogen (secondary N) is 2. The van der Waals surface area contributed by atoms with Crippen molar-refractivity contribution in [2.75, 3.05) is 32.7 Å². The molecule has 1 amide bonds. The molecule has 1 aromatic rings. The highest BCUT2D eigenvalue weighted by Crippen LogP contribution is 2.48. The van der Waals surface area contributed by atoms with Gasteiger partial charge < -0.3 is 10.6 Å². The largest absolute Gasteiger partial charge is 0.405 e. The van der Waals surface area contributed by atoms with E-state index in [0.29, 0.717) is 19.5 Å². The SMILES string of the molecule is O=C(NCC(N1CCNCC1)C(F)(F)F)C1CC1c1cc(F)ccc1F. The first-order valence-electron chi connectivity index (χ1n) is 8.51. The van der Waals surface area contributed by atoms with Gasteiger partial charge in [0, 0.05) is 38.6 Å². The third kappa shape index (κ3) is 4.32. The van der Waals surface area contributed by atoms with E-state index in [1.54, 1.807) is 0 Å². The molecule has 1 aromatic carbocycles. The Kier molecular flexibility index (Phi) is 5.47. The fraction of sp³-hybridized carbons (Fsp3) is 0.588. The zero-order chi connectivity index (χ0) is 18.9. The molecule has 3 rings (SSSR count). The van der Waals surface area contributed by atoms with Crippen LogP contribution in [0.4, 0.5) is 22.0 Å². The molecule has 2 fully saturated rings. The van der Waals surface area contributed by atoms with Crippen molar-refractivity contribution in [3.05, 3.63) is 35.4 Å².